The van der Waals surface area contributed by atoms with E-state index >= 15 is 0 Å². The van der Waals surface area contributed by atoms with Crippen LogP contribution >= 0.6 is 12.6 Å². The Bertz CT molecular complexity index is 269. The zero-order valence-corrected chi connectivity index (χ0v) is 7.83. The van der Waals surface area contributed by atoms with E-state index in [9.17, 15) is 8.78 Å². The van der Waals surface area contributed by atoms with E-state index in [0.717, 1.165) is 0 Å². The van der Waals surface area contributed by atoms with Crippen LogP contribution in [0.3, 0.4) is 0 Å². The Hall–Kier alpha value is -0.570. The normalized spacial score (nSPS) is 11.8. The molecule has 1 rings (SSSR count). The quantitative estimate of drug-likeness (QED) is 0.643. The molecule has 0 aliphatic rings. The average Bonchev–Trinajstić information content (AvgIpc) is 1.82. The van der Waals surface area contributed by atoms with Gasteiger partial charge in [0.15, 0.2) is 0 Å². The summed E-state index contributed by atoms with van der Waals surface area (Å²) in [6.07, 6.45) is 0. The topological polar surface area (TPSA) is 0 Å². The monoisotopic (exact) mass is 188 g/mol. The predicted molar refractivity (Wildman–Crippen MR) is 48.4 cm³/mol. The standard InChI is InChI=1S/C9H10F2S/c1-9(2,12)8-6(10)4-3-5-7(8)11/h3-5,12H,1-2H3. The first-order valence-electron chi connectivity index (χ1n) is 3.60. The summed E-state index contributed by atoms with van der Waals surface area (Å²) >= 11 is 4.10. The van der Waals surface area contributed by atoms with Crippen molar-refractivity contribution in [2.75, 3.05) is 0 Å². The molecule has 0 amide bonds. The Morgan fingerprint density at radius 1 is 1.17 bits per heavy atom. The van der Waals surface area contributed by atoms with Crippen molar-refractivity contribution in [3.63, 3.8) is 0 Å². The van der Waals surface area contributed by atoms with E-state index in [1.807, 2.05) is 0 Å². The third-order valence-corrected chi connectivity index (χ3v) is 1.80. The highest BCUT2D eigenvalue weighted by atomic mass is 32.1. The minimum Gasteiger partial charge on any atom is -0.207 e. The van der Waals surface area contributed by atoms with Crippen molar-refractivity contribution in [1.82, 2.24) is 0 Å². The van der Waals surface area contributed by atoms with Gasteiger partial charge in [-0.25, -0.2) is 8.78 Å². The van der Waals surface area contributed by atoms with Gasteiger partial charge in [0.2, 0.25) is 0 Å². The Kier molecular flexibility index (Phi) is 2.42. The first-order chi connectivity index (χ1) is 5.43. The van der Waals surface area contributed by atoms with Crippen LogP contribution < -0.4 is 0 Å². The molecule has 0 aromatic heterocycles. The molecular weight excluding hydrogens is 178 g/mol. The smallest absolute Gasteiger partial charge is 0.130 e. The third kappa shape index (κ3) is 1.78. The van der Waals surface area contributed by atoms with Gasteiger partial charge in [-0.2, -0.15) is 12.6 Å². The van der Waals surface area contributed by atoms with Gasteiger partial charge in [0.05, 0.1) is 0 Å². The molecular formula is C9H10F2S. The van der Waals surface area contributed by atoms with Crippen LogP contribution in [-0.4, -0.2) is 0 Å². The van der Waals surface area contributed by atoms with Crippen LogP contribution in [0.4, 0.5) is 8.78 Å². The maximum Gasteiger partial charge on any atom is 0.130 e. The maximum absolute atomic E-state index is 13.1. The molecule has 0 atom stereocenters. The van der Waals surface area contributed by atoms with E-state index in [1.54, 1.807) is 13.8 Å². The van der Waals surface area contributed by atoms with E-state index in [1.165, 1.54) is 18.2 Å². The fourth-order valence-electron chi connectivity index (χ4n) is 1.08. The zero-order valence-electron chi connectivity index (χ0n) is 6.94. The maximum atomic E-state index is 13.1. The van der Waals surface area contributed by atoms with E-state index in [-0.39, 0.29) is 5.56 Å². The van der Waals surface area contributed by atoms with Crippen molar-refractivity contribution in [3.8, 4) is 0 Å². The molecule has 0 saturated heterocycles. The Morgan fingerprint density at radius 3 is 1.83 bits per heavy atom. The highest BCUT2D eigenvalue weighted by Gasteiger charge is 2.23. The first-order valence-corrected chi connectivity index (χ1v) is 4.04. The minimum atomic E-state index is -0.782. The molecule has 0 aliphatic heterocycles. The van der Waals surface area contributed by atoms with Gasteiger partial charge in [0.25, 0.3) is 0 Å². The molecule has 0 N–H and O–H groups in total. The van der Waals surface area contributed by atoms with Crippen LogP contribution in [0.5, 0.6) is 0 Å². The van der Waals surface area contributed by atoms with Gasteiger partial charge in [0, 0.05) is 10.3 Å². The predicted octanol–water partition coefficient (Wildman–Crippen LogP) is 3.13. The molecule has 0 aliphatic carbocycles. The van der Waals surface area contributed by atoms with E-state index < -0.39 is 16.4 Å². The van der Waals surface area contributed by atoms with E-state index in [0.29, 0.717) is 0 Å². The number of hydrogen-bond donors (Lipinski definition) is 1. The Labute approximate surface area is 76.0 Å². The van der Waals surface area contributed by atoms with Gasteiger partial charge in [0.1, 0.15) is 11.6 Å². The molecule has 0 saturated carbocycles. The fraction of sp³-hybridized carbons (Fsp3) is 0.333. The molecule has 1 aromatic rings. The summed E-state index contributed by atoms with van der Waals surface area (Å²) in [5, 5.41) is 0. The van der Waals surface area contributed by atoms with E-state index in [2.05, 4.69) is 12.6 Å². The van der Waals surface area contributed by atoms with Crippen LogP contribution in [0.2, 0.25) is 0 Å². The highest BCUT2D eigenvalue weighted by molar-refractivity contribution is 7.81. The van der Waals surface area contributed by atoms with Crippen molar-refractivity contribution in [2.45, 2.75) is 18.6 Å². The Balaban J connectivity index is 3.31. The average molecular weight is 188 g/mol. The fourth-order valence-corrected chi connectivity index (χ4v) is 1.30. The summed E-state index contributed by atoms with van der Waals surface area (Å²) < 4.78 is 25.3. The van der Waals surface area contributed by atoms with Crippen molar-refractivity contribution in [3.05, 3.63) is 35.4 Å². The molecule has 12 heavy (non-hydrogen) atoms. The largest absolute Gasteiger partial charge is 0.207 e. The van der Waals surface area contributed by atoms with Crippen LogP contribution in [0.25, 0.3) is 0 Å². The number of benzene rings is 1. The minimum absolute atomic E-state index is 0.0216. The second-order valence-corrected chi connectivity index (χ2v) is 4.27. The van der Waals surface area contributed by atoms with Gasteiger partial charge in [-0.15, -0.1) is 0 Å². The summed E-state index contributed by atoms with van der Waals surface area (Å²) in [4.78, 5) is 0. The summed E-state index contributed by atoms with van der Waals surface area (Å²) in [5.41, 5.74) is 0.0216. The zero-order chi connectivity index (χ0) is 9.35. The van der Waals surface area contributed by atoms with Crippen LogP contribution in [0.1, 0.15) is 19.4 Å². The van der Waals surface area contributed by atoms with Gasteiger partial charge in [-0.05, 0) is 26.0 Å². The molecule has 0 spiro atoms. The number of hydrogen-bond acceptors (Lipinski definition) is 1. The van der Waals surface area contributed by atoms with Crippen molar-refractivity contribution >= 4 is 12.6 Å². The summed E-state index contributed by atoms with van der Waals surface area (Å²) in [5.74, 6) is -1.09. The lowest BCUT2D eigenvalue weighted by Gasteiger charge is -2.19. The van der Waals surface area contributed by atoms with Crippen molar-refractivity contribution in [2.24, 2.45) is 0 Å². The van der Waals surface area contributed by atoms with Gasteiger partial charge < -0.3 is 0 Å². The lowest BCUT2D eigenvalue weighted by Crippen LogP contribution is -2.12. The molecule has 0 nitrogen and oxygen atoms in total. The number of rotatable bonds is 1. The lowest BCUT2D eigenvalue weighted by molar-refractivity contribution is 0.530. The second-order valence-electron chi connectivity index (χ2n) is 3.16. The van der Waals surface area contributed by atoms with Gasteiger partial charge in [-0.1, -0.05) is 6.07 Å². The highest BCUT2D eigenvalue weighted by Crippen LogP contribution is 2.31. The van der Waals surface area contributed by atoms with Crippen LogP contribution in [-0.2, 0) is 4.75 Å². The number of thiol groups is 1. The molecule has 66 valence electrons. The lowest BCUT2D eigenvalue weighted by atomic mass is 10.0. The first kappa shape index (κ1) is 9.52. The van der Waals surface area contributed by atoms with Crippen molar-refractivity contribution in [1.29, 1.82) is 0 Å². The molecule has 0 radical (unpaired) electrons. The van der Waals surface area contributed by atoms with Crippen LogP contribution in [0, 0.1) is 11.6 Å². The van der Waals surface area contributed by atoms with Gasteiger partial charge in [-0.3, -0.25) is 0 Å². The Morgan fingerprint density at radius 2 is 1.58 bits per heavy atom. The van der Waals surface area contributed by atoms with Crippen LogP contribution in [0.15, 0.2) is 18.2 Å². The SMILES string of the molecule is CC(C)(S)c1c(F)cccc1F. The summed E-state index contributed by atoms with van der Waals surface area (Å²) in [6.45, 7) is 3.30. The van der Waals surface area contributed by atoms with E-state index in [4.69, 9.17) is 0 Å². The summed E-state index contributed by atoms with van der Waals surface area (Å²) in [7, 11) is 0. The second kappa shape index (κ2) is 3.05. The number of halogens is 2. The molecule has 1 aromatic carbocycles. The molecule has 3 heteroatoms. The molecule has 0 bridgehead atoms. The molecule has 0 unspecified atom stereocenters. The molecule has 0 fully saturated rings. The van der Waals surface area contributed by atoms with Gasteiger partial charge >= 0.3 is 0 Å². The summed E-state index contributed by atoms with van der Waals surface area (Å²) in [6, 6.07) is 3.81. The van der Waals surface area contributed by atoms with Crippen molar-refractivity contribution < 1.29 is 8.78 Å². The molecule has 0 heterocycles. The third-order valence-electron chi connectivity index (χ3n) is 1.57.